The number of rotatable bonds is 12. The zero-order valence-corrected chi connectivity index (χ0v) is 41.9. The van der Waals surface area contributed by atoms with Gasteiger partial charge in [-0.3, -0.25) is 29.2 Å². The zero-order chi connectivity index (χ0) is 48.3. The van der Waals surface area contributed by atoms with Crippen molar-refractivity contribution in [3.63, 3.8) is 0 Å². The largest absolute Gasteiger partial charge is 0.598 e. The van der Waals surface area contributed by atoms with E-state index in [9.17, 15) is 23.7 Å². The van der Waals surface area contributed by atoms with Gasteiger partial charge in [0.05, 0.1) is 36.6 Å². The number of pyridine rings is 1. The molecule has 2 N–H and O–H groups in total. The van der Waals surface area contributed by atoms with Gasteiger partial charge in [-0.25, -0.2) is 5.43 Å². The molecule has 3 amide bonds. The topological polar surface area (TPSA) is 161 Å². The second kappa shape index (κ2) is 21.5. The summed E-state index contributed by atoms with van der Waals surface area (Å²) >= 11 is -1.14. The van der Waals surface area contributed by atoms with Crippen LogP contribution >= 0.6 is 0 Å². The molecular formula is C53H71N7O7S. The number of esters is 1. The molecule has 0 radical (unpaired) electrons. The first-order chi connectivity index (χ1) is 32.7. The normalized spacial score (nSPS) is 22.9. The van der Waals surface area contributed by atoms with E-state index in [1.165, 1.54) is 5.01 Å². The minimum Gasteiger partial charge on any atom is -0.598 e. The summed E-state index contributed by atoms with van der Waals surface area (Å²) in [5.41, 5.74) is 10.6. The number of hydrogen-bond acceptors (Lipinski definition) is 10. The molecule has 2 aromatic heterocycles. The van der Waals surface area contributed by atoms with Crippen molar-refractivity contribution >= 4 is 46.0 Å². The number of carbonyl (C=O) groups is 4. The van der Waals surface area contributed by atoms with Crippen molar-refractivity contribution in [1.82, 2.24) is 34.5 Å². The van der Waals surface area contributed by atoms with Gasteiger partial charge in [0.15, 0.2) is 0 Å². The van der Waals surface area contributed by atoms with Crippen LogP contribution in [-0.2, 0) is 59.4 Å². The predicted molar refractivity (Wildman–Crippen MR) is 265 cm³/mol. The number of methoxy groups -OCH3 is 1. The Labute approximate surface area is 405 Å². The molecule has 1 saturated carbocycles. The van der Waals surface area contributed by atoms with E-state index in [4.69, 9.17) is 14.5 Å². The lowest BCUT2D eigenvalue weighted by Gasteiger charge is -2.37. The maximum absolute atomic E-state index is 14.9. The van der Waals surface area contributed by atoms with Crippen LogP contribution in [0.25, 0.3) is 33.3 Å². The lowest BCUT2D eigenvalue weighted by atomic mass is 9.84. The fourth-order valence-electron chi connectivity index (χ4n) is 11.1. The van der Waals surface area contributed by atoms with Gasteiger partial charge in [0.1, 0.15) is 23.9 Å². The van der Waals surface area contributed by atoms with Gasteiger partial charge in [0.2, 0.25) is 11.8 Å². The fraction of sp³-hybridized carbons (Fsp3) is 0.566. The Kier molecular flexibility index (Phi) is 15.7. The number of carbonyl (C=O) groups excluding carboxylic acids is 4. The van der Waals surface area contributed by atoms with Crippen molar-refractivity contribution in [2.75, 3.05) is 46.2 Å². The molecule has 3 aliphatic heterocycles. The van der Waals surface area contributed by atoms with E-state index in [2.05, 4.69) is 72.5 Å². The molecule has 2 unspecified atom stereocenters. The van der Waals surface area contributed by atoms with Crippen molar-refractivity contribution in [2.45, 2.75) is 130 Å². The van der Waals surface area contributed by atoms with E-state index in [1.54, 1.807) is 25.3 Å². The first-order valence-corrected chi connectivity index (χ1v) is 26.2. The van der Waals surface area contributed by atoms with Crippen molar-refractivity contribution < 1.29 is 33.2 Å². The number of benzene rings is 2. The first-order valence-electron chi connectivity index (χ1n) is 24.9. The maximum Gasteiger partial charge on any atom is 0.324 e. The molecule has 6 atom stereocenters. The number of hydrazine groups is 1. The van der Waals surface area contributed by atoms with Crippen LogP contribution in [0.15, 0.2) is 60.8 Å². The molecule has 2 aromatic carbocycles. The van der Waals surface area contributed by atoms with Crippen molar-refractivity contribution in [2.24, 2.45) is 17.3 Å². The highest BCUT2D eigenvalue weighted by atomic mass is 32.2. The van der Waals surface area contributed by atoms with Gasteiger partial charge < -0.3 is 28.8 Å². The molecule has 1 aliphatic carbocycles. The maximum atomic E-state index is 14.9. The van der Waals surface area contributed by atoms with Gasteiger partial charge in [-0.2, -0.15) is 0 Å². The molecule has 2 saturated heterocycles. The molecule has 3 fully saturated rings. The van der Waals surface area contributed by atoms with Crippen molar-refractivity contribution in [3.05, 3.63) is 77.6 Å². The molecular weight excluding hydrogens is 879 g/mol. The van der Waals surface area contributed by atoms with Gasteiger partial charge in [-0.15, -0.1) is 4.31 Å². The molecule has 5 heterocycles. The number of cyclic esters (lactones) is 1. The first kappa shape index (κ1) is 49.6. The summed E-state index contributed by atoms with van der Waals surface area (Å²) in [5, 5.41) is 5.75. The number of nitrogens with one attached hydrogen (secondary N) is 2. The van der Waals surface area contributed by atoms with Crippen LogP contribution < -0.4 is 10.7 Å². The van der Waals surface area contributed by atoms with Crippen molar-refractivity contribution in [1.29, 1.82) is 0 Å². The molecule has 8 rings (SSSR count). The second-order valence-electron chi connectivity index (χ2n) is 20.2. The molecule has 6 bridgehead atoms. The number of likely N-dealkylation sites (N-methyl/N-ethyl adjacent to an activating group) is 1. The Morgan fingerprint density at radius 3 is 2.56 bits per heavy atom. The monoisotopic (exact) mass is 950 g/mol. The van der Waals surface area contributed by atoms with E-state index in [0.29, 0.717) is 57.6 Å². The lowest BCUT2D eigenvalue weighted by Crippen LogP contribution is -2.62. The molecule has 14 nitrogen and oxygen atoms in total. The Morgan fingerprint density at radius 1 is 1.03 bits per heavy atom. The fourth-order valence-corrected chi connectivity index (χ4v) is 12.3. The quantitative estimate of drug-likeness (QED) is 0.110. The number of nitrogens with zero attached hydrogens (tertiary/aromatic N) is 5. The minimum absolute atomic E-state index is 0.0687. The molecule has 4 aromatic rings. The number of amides is 3. The van der Waals surface area contributed by atoms with Gasteiger partial charge >= 0.3 is 5.97 Å². The summed E-state index contributed by atoms with van der Waals surface area (Å²) < 4.78 is 29.1. The number of fused-ring (bicyclic) bond motifs is 6. The summed E-state index contributed by atoms with van der Waals surface area (Å²) in [5.74, 6) is -1.17. The Balaban J connectivity index is 1.17. The van der Waals surface area contributed by atoms with E-state index in [0.717, 1.165) is 82.2 Å². The average Bonchev–Trinajstić information content (AvgIpc) is 4.13. The van der Waals surface area contributed by atoms with E-state index in [-0.39, 0.29) is 48.7 Å². The second-order valence-corrected chi connectivity index (χ2v) is 21.8. The van der Waals surface area contributed by atoms with E-state index in [1.807, 2.05) is 36.4 Å². The molecule has 366 valence electrons. The Bertz CT molecular complexity index is 2470. The average molecular weight is 950 g/mol. The Hall–Kier alpha value is -4.80. The summed E-state index contributed by atoms with van der Waals surface area (Å²) in [4.78, 5) is 64.5. The third-order valence-electron chi connectivity index (χ3n) is 14.7. The van der Waals surface area contributed by atoms with Crippen LogP contribution in [-0.4, -0.2) is 116 Å². The number of ether oxygens (including phenoxy) is 2. The standard InChI is InChI=1S/C53H71N7O7S/c1-8-27-68(65)58-26-23-39(32-58)50(62)57(6)47(36-16-10-11-17-36)49(61)55-44-29-35-15-12-18-37(28-35)38-21-22-45-41(30-38)42(48(59(45)9-2)40-19-13-24-54-46(40)34(3)66-7)31-53(4,5)33-67-52(64)43-20-14-25-60(56-43)51(44)63/h12-13,15,18-19,21-22,24,28,30,34,36,39,43-44,47,56H,8-11,14,16-17,20,23,25-27,29,31-33H2,1-7H3,(H,55,61)/t34-,39-,43-,44-,47?,68?/m0/s1. The number of hydrogen-bond donors (Lipinski definition) is 2. The van der Waals surface area contributed by atoms with Gasteiger partial charge in [-0.05, 0) is 111 Å². The highest BCUT2D eigenvalue weighted by Gasteiger charge is 2.43. The number of aromatic nitrogens is 2. The van der Waals surface area contributed by atoms with E-state index < -0.39 is 40.9 Å². The Morgan fingerprint density at radius 2 is 1.81 bits per heavy atom. The van der Waals surface area contributed by atoms with Crippen LogP contribution in [0.1, 0.15) is 109 Å². The minimum atomic E-state index is -1.14. The lowest BCUT2D eigenvalue weighted by molar-refractivity contribution is -0.155. The zero-order valence-electron chi connectivity index (χ0n) is 41.1. The third kappa shape index (κ3) is 10.5. The van der Waals surface area contributed by atoms with Gasteiger partial charge in [-0.1, -0.05) is 63.9 Å². The molecule has 15 heteroatoms. The highest BCUT2D eigenvalue weighted by molar-refractivity contribution is 7.89. The van der Waals surface area contributed by atoms with Crippen LogP contribution in [0.3, 0.4) is 0 Å². The van der Waals surface area contributed by atoms with Gasteiger partial charge in [0.25, 0.3) is 5.91 Å². The SMILES string of the molecule is CCC[S+]([O-])N1CC[C@H](C(=O)N(C)C(C(=O)N[C@H]2Cc3cccc(c3)-c3ccc4c(c3)c(c(-c3cccnc3[C@H](C)OC)n4CC)CC(C)(C)COC(=O)[C@@H]3CCCN(N3)C2=O)C2CCCC2)C1. The molecule has 0 spiro atoms. The van der Waals surface area contributed by atoms with Crippen LogP contribution in [0.2, 0.25) is 0 Å². The number of aryl methyl sites for hydroxylation is 1. The predicted octanol–water partition coefficient (Wildman–Crippen LogP) is 7.16. The van der Waals surface area contributed by atoms with E-state index >= 15 is 0 Å². The van der Waals surface area contributed by atoms with Crippen LogP contribution in [0, 0.1) is 17.3 Å². The summed E-state index contributed by atoms with van der Waals surface area (Å²) in [6, 6.07) is 16.2. The van der Waals surface area contributed by atoms with Crippen LogP contribution in [0.4, 0.5) is 0 Å². The van der Waals surface area contributed by atoms with Gasteiger partial charge in [0, 0.05) is 79.7 Å². The smallest absolute Gasteiger partial charge is 0.324 e. The van der Waals surface area contributed by atoms with Crippen LogP contribution in [0.5, 0.6) is 0 Å². The van der Waals surface area contributed by atoms with Crippen molar-refractivity contribution in [3.8, 4) is 22.4 Å². The summed E-state index contributed by atoms with van der Waals surface area (Å²) in [6.45, 7) is 12.6. The highest BCUT2D eigenvalue weighted by Crippen LogP contribution is 2.42. The molecule has 68 heavy (non-hydrogen) atoms. The summed E-state index contributed by atoms with van der Waals surface area (Å²) in [7, 11) is 3.41. The third-order valence-corrected chi connectivity index (χ3v) is 16.3. The summed E-state index contributed by atoms with van der Waals surface area (Å²) in [6.07, 6.45) is 8.28. The molecule has 4 aliphatic rings.